The average molecular weight is 614 g/mol. The van der Waals surface area contributed by atoms with Crippen LogP contribution in [0.15, 0.2) is 164 Å². The number of pyridine rings is 1. The minimum absolute atomic E-state index is 0.554. The van der Waals surface area contributed by atoms with Crippen LogP contribution < -0.4 is 0 Å². The normalized spacial score (nSPS) is 11.3. The molecule has 0 bridgehead atoms. The molecule has 5 heteroatoms. The quantitative estimate of drug-likeness (QED) is 0.181. The molecule has 0 saturated carbocycles. The number of benzene rings is 6. The van der Waals surface area contributed by atoms with Gasteiger partial charge in [-0.3, -0.25) is 0 Å². The van der Waals surface area contributed by atoms with E-state index in [1.165, 1.54) is 49.0 Å². The summed E-state index contributed by atoms with van der Waals surface area (Å²) in [4.78, 5) is 22.7. The monoisotopic (exact) mass is 613 g/mol. The third-order valence-corrected chi connectivity index (χ3v) is 8.91. The van der Waals surface area contributed by atoms with Crippen molar-refractivity contribution >= 4 is 32.3 Å². The highest BCUT2D eigenvalue weighted by atomic mass is 14.9. The summed E-state index contributed by atoms with van der Waals surface area (Å²) >= 11 is 0. The van der Waals surface area contributed by atoms with Crippen LogP contribution >= 0.6 is 0 Å². The van der Waals surface area contributed by atoms with Crippen LogP contribution in [0.4, 0.5) is 0 Å². The van der Waals surface area contributed by atoms with E-state index in [0.717, 1.165) is 16.7 Å². The lowest BCUT2D eigenvalue weighted by molar-refractivity contribution is 1.11. The number of hydrogen-bond acceptors (Lipinski definition) is 5. The molecule has 0 atom stereocenters. The molecule has 5 nitrogen and oxygen atoms in total. The molecule has 9 rings (SSSR count). The number of nitrogens with zero attached hydrogens (tertiary/aromatic N) is 5. The van der Waals surface area contributed by atoms with E-state index in [0.29, 0.717) is 23.0 Å². The van der Waals surface area contributed by atoms with Gasteiger partial charge in [0.1, 0.15) is 11.4 Å². The van der Waals surface area contributed by atoms with E-state index in [4.69, 9.17) is 4.98 Å². The third kappa shape index (κ3) is 4.86. The summed E-state index contributed by atoms with van der Waals surface area (Å²) in [6.07, 6.45) is 6.90. The summed E-state index contributed by atoms with van der Waals surface area (Å²) in [7, 11) is 0. The van der Waals surface area contributed by atoms with E-state index in [9.17, 15) is 0 Å². The van der Waals surface area contributed by atoms with E-state index in [2.05, 4.69) is 135 Å². The number of hydrogen-bond donors (Lipinski definition) is 0. The molecular weight excluding hydrogens is 587 g/mol. The van der Waals surface area contributed by atoms with Gasteiger partial charge in [0.15, 0.2) is 11.6 Å². The molecule has 0 aliphatic rings. The van der Waals surface area contributed by atoms with Crippen molar-refractivity contribution in [3.05, 3.63) is 164 Å². The molecule has 48 heavy (non-hydrogen) atoms. The van der Waals surface area contributed by atoms with Crippen LogP contribution in [0.5, 0.6) is 0 Å². The molecule has 0 N–H and O–H groups in total. The molecule has 0 aliphatic heterocycles. The molecule has 0 amide bonds. The van der Waals surface area contributed by atoms with Gasteiger partial charge in [0.05, 0.1) is 0 Å². The van der Waals surface area contributed by atoms with Gasteiger partial charge in [-0.1, -0.05) is 103 Å². The molecule has 0 unspecified atom stereocenters. The maximum absolute atomic E-state index is 4.83. The molecule has 224 valence electrons. The first kappa shape index (κ1) is 27.7. The van der Waals surface area contributed by atoms with Gasteiger partial charge in [-0.2, -0.15) is 0 Å². The highest BCUT2D eigenvalue weighted by Gasteiger charge is 2.16. The fourth-order valence-corrected chi connectivity index (χ4v) is 6.68. The van der Waals surface area contributed by atoms with E-state index in [-0.39, 0.29) is 0 Å². The van der Waals surface area contributed by atoms with Crippen molar-refractivity contribution < 1.29 is 0 Å². The van der Waals surface area contributed by atoms with E-state index in [1.54, 1.807) is 36.9 Å². The fraction of sp³-hybridized carbons (Fsp3) is 0. The van der Waals surface area contributed by atoms with Gasteiger partial charge < -0.3 is 0 Å². The second-order valence-corrected chi connectivity index (χ2v) is 11.7. The maximum atomic E-state index is 4.83. The topological polar surface area (TPSA) is 64.5 Å². The van der Waals surface area contributed by atoms with Crippen molar-refractivity contribution in [3.63, 3.8) is 0 Å². The molecule has 0 saturated heterocycles. The van der Waals surface area contributed by atoms with Gasteiger partial charge in [-0.25, -0.2) is 24.9 Å². The van der Waals surface area contributed by atoms with Gasteiger partial charge >= 0.3 is 0 Å². The molecule has 3 heterocycles. The lowest BCUT2D eigenvalue weighted by Crippen LogP contribution is -1.96. The van der Waals surface area contributed by atoms with Crippen LogP contribution in [0.1, 0.15) is 0 Å². The van der Waals surface area contributed by atoms with Gasteiger partial charge in [-0.15, -0.1) is 0 Å². The van der Waals surface area contributed by atoms with Crippen molar-refractivity contribution in [1.29, 1.82) is 0 Å². The van der Waals surface area contributed by atoms with Crippen molar-refractivity contribution in [3.8, 4) is 56.4 Å². The SMILES string of the molecule is c1ccc(-c2cc3c4ccccc4c(-c4ccc(-c5cc(-c6ncccn6)nc(-c6ncccn6)c5)cc4)cc3c3ccccc23)cc1. The Morgan fingerprint density at radius 2 is 0.708 bits per heavy atom. The summed E-state index contributed by atoms with van der Waals surface area (Å²) in [6.45, 7) is 0. The van der Waals surface area contributed by atoms with Crippen molar-refractivity contribution in [1.82, 2.24) is 24.9 Å². The highest BCUT2D eigenvalue weighted by Crippen LogP contribution is 2.42. The minimum atomic E-state index is 0.554. The van der Waals surface area contributed by atoms with Crippen LogP contribution in [0.2, 0.25) is 0 Å². The molecule has 6 aromatic carbocycles. The summed E-state index contributed by atoms with van der Waals surface area (Å²) in [6, 6.07) is 49.3. The lowest BCUT2D eigenvalue weighted by Gasteiger charge is -2.16. The zero-order valence-electron chi connectivity index (χ0n) is 25.8. The lowest BCUT2D eigenvalue weighted by atomic mass is 9.87. The maximum Gasteiger partial charge on any atom is 0.178 e. The fourth-order valence-electron chi connectivity index (χ4n) is 6.68. The molecule has 0 radical (unpaired) electrons. The van der Waals surface area contributed by atoms with E-state index >= 15 is 0 Å². The first-order valence-electron chi connectivity index (χ1n) is 15.9. The third-order valence-electron chi connectivity index (χ3n) is 8.91. The van der Waals surface area contributed by atoms with Crippen molar-refractivity contribution in [2.75, 3.05) is 0 Å². The first-order valence-corrected chi connectivity index (χ1v) is 15.9. The molecular formula is C43H27N5. The van der Waals surface area contributed by atoms with Crippen LogP contribution in [-0.2, 0) is 0 Å². The predicted octanol–water partition coefficient (Wildman–Crippen LogP) is 10.5. The van der Waals surface area contributed by atoms with E-state index < -0.39 is 0 Å². The summed E-state index contributed by atoms with van der Waals surface area (Å²) < 4.78 is 0. The predicted molar refractivity (Wildman–Crippen MR) is 195 cm³/mol. The van der Waals surface area contributed by atoms with Crippen molar-refractivity contribution in [2.45, 2.75) is 0 Å². The molecule has 0 aliphatic carbocycles. The molecule has 3 aromatic heterocycles. The average Bonchev–Trinajstić information content (AvgIpc) is 3.18. The van der Waals surface area contributed by atoms with Gasteiger partial charge in [0.2, 0.25) is 0 Å². The van der Waals surface area contributed by atoms with Crippen molar-refractivity contribution in [2.24, 2.45) is 0 Å². The Morgan fingerprint density at radius 3 is 1.21 bits per heavy atom. The smallest absolute Gasteiger partial charge is 0.178 e. The van der Waals surface area contributed by atoms with Crippen LogP contribution in [0, 0.1) is 0 Å². The largest absolute Gasteiger partial charge is 0.241 e. The Labute approximate surface area is 277 Å². The standard InChI is InChI=1S/C43H27N5/c1-2-10-29(11-3-1)36-26-38-35-15-7-5-13-33(35)37(27-39(38)34-14-6-4-12-32(34)36)30-18-16-28(17-19-30)31-24-40(42-44-20-8-21-45-42)48-41(25-31)43-46-22-9-23-47-43/h1-27H. The van der Waals surface area contributed by atoms with Gasteiger partial charge in [0, 0.05) is 24.8 Å². The van der Waals surface area contributed by atoms with Crippen LogP contribution in [0.3, 0.4) is 0 Å². The Bertz CT molecular complexity index is 2530. The first-order chi connectivity index (χ1) is 23.8. The second-order valence-electron chi connectivity index (χ2n) is 11.7. The Morgan fingerprint density at radius 1 is 0.292 bits per heavy atom. The Kier molecular flexibility index (Phi) is 6.72. The number of fused-ring (bicyclic) bond motifs is 5. The summed E-state index contributed by atoms with van der Waals surface area (Å²) in [5.74, 6) is 1.11. The van der Waals surface area contributed by atoms with Gasteiger partial charge in [-0.05, 0) is 102 Å². The summed E-state index contributed by atoms with van der Waals surface area (Å²) in [5, 5.41) is 7.47. The summed E-state index contributed by atoms with van der Waals surface area (Å²) in [5.41, 5.74) is 8.21. The zero-order valence-corrected chi connectivity index (χ0v) is 25.8. The minimum Gasteiger partial charge on any atom is -0.241 e. The van der Waals surface area contributed by atoms with E-state index in [1.807, 2.05) is 12.1 Å². The Balaban J connectivity index is 1.21. The highest BCUT2D eigenvalue weighted by molar-refractivity contribution is 6.23. The molecule has 0 fully saturated rings. The van der Waals surface area contributed by atoms with Crippen LogP contribution in [-0.4, -0.2) is 24.9 Å². The van der Waals surface area contributed by atoms with Crippen LogP contribution in [0.25, 0.3) is 88.7 Å². The van der Waals surface area contributed by atoms with Gasteiger partial charge in [0.25, 0.3) is 0 Å². The molecule has 0 spiro atoms. The second kappa shape index (κ2) is 11.6. The Hall–Kier alpha value is -6.59. The zero-order chi connectivity index (χ0) is 31.9. The molecule has 9 aromatic rings. The number of aromatic nitrogens is 5. The number of rotatable bonds is 5.